The highest BCUT2D eigenvalue weighted by Crippen LogP contribution is 2.47. The zero-order valence-electron chi connectivity index (χ0n) is 68.1. The Morgan fingerprint density at radius 1 is 0.368 bits per heavy atom. The van der Waals surface area contributed by atoms with E-state index in [2.05, 4.69) is 146 Å². The van der Waals surface area contributed by atoms with Crippen LogP contribution in [0.2, 0.25) is 0 Å². The molecule has 14 nitrogen and oxygen atoms in total. The van der Waals surface area contributed by atoms with E-state index in [0.717, 1.165) is 153 Å². The summed E-state index contributed by atoms with van der Waals surface area (Å²) in [5.74, 6) is 2.40. The lowest BCUT2D eigenvalue weighted by Crippen LogP contribution is -2.50. The molecule has 0 radical (unpaired) electrons. The molecule has 0 aromatic carbocycles. The van der Waals surface area contributed by atoms with Crippen LogP contribution in [0.15, 0.2) is 0 Å². The molecule has 0 aromatic heterocycles. The van der Waals surface area contributed by atoms with Crippen molar-refractivity contribution in [2.45, 2.75) is 372 Å². The van der Waals surface area contributed by atoms with Crippen molar-refractivity contribution in [1.82, 2.24) is 21.3 Å². The van der Waals surface area contributed by atoms with Crippen molar-refractivity contribution in [2.75, 3.05) is 65.9 Å². The normalized spacial score (nSPS) is 20.9. The molecule has 3 saturated carbocycles. The highest BCUT2D eigenvalue weighted by molar-refractivity contribution is 5.68. The van der Waals surface area contributed by atoms with Crippen molar-refractivity contribution in [1.29, 1.82) is 0 Å². The summed E-state index contributed by atoms with van der Waals surface area (Å²) in [7, 11) is 0. The third kappa shape index (κ3) is 36.3. The van der Waals surface area contributed by atoms with Gasteiger partial charge in [-0.15, -0.1) is 0 Å². The molecule has 0 saturated heterocycles. The molecule has 3 fully saturated rings. The maximum absolute atomic E-state index is 12.9. The Kier molecular flexibility index (Phi) is 52.7. The molecule has 0 spiro atoms. The number of amides is 4. The lowest BCUT2D eigenvalue weighted by molar-refractivity contribution is -0.0399. The number of hydrogen-bond acceptors (Lipinski definition) is 10. The number of hydrogen-bond donors (Lipinski definition) is 4. The lowest BCUT2D eigenvalue weighted by Gasteiger charge is -2.46. The fraction of sp³-hybridized carbons (Fsp3) is 0.951. The molecular weight excluding hydrogens is 1190 g/mol. The predicted octanol–water partition coefficient (Wildman–Crippen LogP) is 23.4. The largest absolute Gasteiger partial charge is 0.449 e. The molecule has 3 aliphatic rings. The maximum atomic E-state index is 12.9. The molecule has 14 heteroatoms. The van der Waals surface area contributed by atoms with Gasteiger partial charge < -0.3 is 49.7 Å². The zero-order valence-corrected chi connectivity index (χ0v) is 68.1. The Morgan fingerprint density at radius 2 is 0.705 bits per heavy atom. The van der Waals surface area contributed by atoms with Gasteiger partial charge >= 0.3 is 24.4 Å². The summed E-state index contributed by atoms with van der Waals surface area (Å²) < 4.78 is 35.4. The number of ether oxygens (including phenoxy) is 6. The molecule has 3 unspecified atom stereocenters. The van der Waals surface area contributed by atoms with Gasteiger partial charge in [0.05, 0.1) is 39.6 Å². The van der Waals surface area contributed by atoms with Crippen molar-refractivity contribution < 1.29 is 47.6 Å². The molecule has 3 aliphatic carbocycles. The van der Waals surface area contributed by atoms with E-state index in [1.807, 2.05) is 62.3 Å². The van der Waals surface area contributed by atoms with Crippen LogP contribution in [-0.2, 0) is 28.4 Å². The molecule has 0 heterocycles. The van der Waals surface area contributed by atoms with Crippen molar-refractivity contribution in [3.8, 4) is 0 Å². The summed E-state index contributed by atoms with van der Waals surface area (Å²) in [5, 5.41) is 12.1. The van der Waals surface area contributed by atoms with E-state index in [-0.39, 0.29) is 79.8 Å². The molecule has 3 atom stereocenters. The predicted molar refractivity (Wildman–Crippen MR) is 405 cm³/mol. The van der Waals surface area contributed by atoms with Crippen LogP contribution in [0.5, 0.6) is 0 Å². The van der Waals surface area contributed by atoms with Gasteiger partial charge in [0, 0.05) is 46.8 Å². The minimum atomic E-state index is -0.346. The first kappa shape index (κ1) is 96.2. The minimum absolute atomic E-state index is 0.0197. The Hall–Kier alpha value is -3.00. The summed E-state index contributed by atoms with van der Waals surface area (Å²) in [6.07, 6.45) is 28.3. The van der Waals surface area contributed by atoms with Gasteiger partial charge in [0.1, 0.15) is 13.2 Å². The first-order valence-corrected chi connectivity index (χ1v) is 40.0. The summed E-state index contributed by atoms with van der Waals surface area (Å²) >= 11 is 0. The Bertz CT molecular complexity index is 1870. The molecule has 0 aromatic rings. The second-order valence-corrected chi connectivity index (χ2v) is 30.0. The smallest absolute Gasteiger partial charge is 0.407 e. The molecule has 3 rings (SSSR count). The summed E-state index contributed by atoms with van der Waals surface area (Å²) in [4.78, 5) is 49.9. The fourth-order valence-corrected chi connectivity index (χ4v) is 14.9. The Labute approximate surface area is 589 Å². The summed E-state index contributed by atoms with van der Waals surface area (Å²) in [6.45, 7) is 63.3. The minimum Gasteiger partial charge on any atom is -0.449 e. The van der Waals surface area contributed by atoms with E-state index in [0.29, 0.717) is 52.7 Å². The van der Waals surface area contributed by atoms with Gasteiger partial charge in [-0.3, -0.25) is 0 Å². The maximum Gasteiger partial charge on any atom is 0.407 e. The van der Waals surface area contributed by atoms with Gasteiger partial charge in [0.2, 0.25) is 0 Å². The topological polar surface area (TPSA) is 172 Å². The first-order chi connectivity index (χ1) is 45.2. The SMILES string of the molecule is CC.CC.CC.CC.CCC(CC)(CC)COC(=O)NCC1(C)CC(NC(=O)OCC(CC)(CC)CC)CC(C)(C)C1.CCNC(=O)OCC(C)(CC)COCC(CC)(CC)CC1CCC(CC2CCC(NC(=O)OCC(CC)(CC)COCC(CC)(CC)CC)CC2)CC1. The van der Waals surface area contributed by atoms with Crippen molar-refractivity contribution in [2.24, 2.45) is 61.1 Å². The van der Waals surface area contributed by atoms with Gasteiger partial charge in [-0.05, 0) is 194 Å². The zero-order chi connectivity index (χ0) is 73.4. The van der Waals surface area contributed by atoms with Gasteiger partial charge in [0.25, 0.3) is 0 Å². The van der Waals surface area contributed by atoms with Crippen LogP contribution >= 0.6 is 0 Å². The highest BCUT2D eigenvalue weighted by Gasteiger charge is 2.43. The molecule has 4 N–H and O–H groups in total. The fourth-order valence-electron chi connectivity index (χ4n) is 14.9. The molecule has 568 valence electrons. The number of carbonyl (C=O) groups excluding carboxylic acids is 4. The molecule has 4 amide bonds. The summed E-state index contributed by atoms with van der Waals surface area (Å²) in [6, 6.07) is 0.246. The highest BCUT2D eigenvalue weighted by atomic mass is 16.6. The van der Waals surface area contributed by atoms with Crippen LogP contribution in [0.3, 0.4) is 0 Å². The molecule has 0 aliphatic heterocycles. The molecule has 0 bridgehead atoms. The second kappa shape index (κ2) is 52.1. The third-order valence-corrected chi connectivity index (χ3v) is 23.6. The standard InChI is InChI=1S/C45H86N2O6.C28H54N2O4.4C2H6/c1-11-42(10,31-52-40(48)46-19-9)30-50-33-44(15-5,16-6)29-38-22-20-36(21-23-38)28-37-24-26-39(27-25-37)47-41(49)53-35-45(17-7,18-8)34-51-32-43(12-2,13-3)14-4;1-10-27(11-2,12-3)20-33-23(31)29-19-26(9)17-22(16-25(7,8)18-26)30-24(32)34-21-28(13-4,14-5)15-6;4*1-2/h36-39H,11-35H2,1-10H3,(H,46,48)(H,47,49);22H,10-21H2,1-9H3,(H,29,31)(H,30,32);4*1-2H3. The van der Waals surface area contributed by atoms with E-state index in [9.17, 15) is 19.2 Å². The van der Waals surface area contributed by atoms with E-state index >= 15 is 0 Å². The van der Waals surface area contributed by atoms with E-state index in [4.69, 9.17) is 28.4 Å². The Balaban J connectivity index is -0.00000174. The average Bonchev–Trinajstić information content (AvgIpc) is 0.822. The second-order valence-electron chi connectivity index (χ2n) is 30.0. The molecular formula is C81H164N4O10. The number of alkyl carbamates (subject to hydrolysis) is 4. The number of rotatable bonds is 39. The quantitative estimate of drug-likeness (QED) is 0.0434. The van der Waals surface area contributed by atoms with Crippen LogP contribution in [-0.4, -0.2) is 102 Å². The van der Waals surface area contributed by atoms with Crippen molar-refractivity contribution >= 4 is 24.4 Å². The monoisotopic (exact) mass is 1350 g/mol. The van der Waals surface area contributed by atoms with Crippen LogP contribution in [0, 0.1) is 61.1 Å². The molecule has 95 heavy (non-hydrogen) atoms. The van der Waals surface area contributed by atoms with E-state index in [1.54, 1.807) is 0 Å². The van der Waals surface area contributed by atoms with Crippen molar-refractivity contribution in [3.05, 3.63) is 0 Å². The van der Waals surface area contributed by atoms with Gasteiger partial charge in [-0.25, -0.2) is 19.2 Å². The van der Waals surface area contributed by atoms with Crippen LogP contribution in [0.1, 0.15) is 360 Å². The first-order valence-electron chi connectivity index (χ1n) is 40.0. The third-order valence-electron chi connectivity index (χ3n) is 23.6. The number of carbonyl (C=O) groups is 4. The Morgan fingerprint density at radius 3 is 1.13 bits per heavy atom. The van der Waals surface area contributed by atoms with Crippen LogP contribution in [0.25, 0.3) is 0 Å². The van der Waals surface area contributed by atoms with Crippen LogP contribution in [0.4, 0.5) is 19.2 Å². The van der Waals surface area contributed by atoms with E-state index in [1.165, 1.54) is 51.4 Å². The van der Waals surface area contributed by atoms with Gasteiger partial charge in [0.15, 0.2) is 0 Å². The van der Waals surface area contributed by atoms with Crippen LogP contribution < -0.4 is 21.3 Å². The lowest BCUT2D eigenvalue weighted by atomic mass is 9.62. The summed E-state index contributed by atoms with van der Waals surface area (Å²) in [5.41, 5.74) is 0.217. The van der Waals surface area contributed by atoms with Crippen molar-refractivity contribution in [3.63, 3.8) is 0 Å². The van der Waals surface area contributed by atoms with Gasteiger partial charge in [-0.2, -0.15) is 0 Å². The van der Waals surface area contributed by atoms with E-state index < -0.39 is 0 Å². The average molecular weight is 1350 g/mol. The number of nitrogens with one attached hydrogen (secondary N) is 4. The van der Waals surface area contributed by atoms with Gasteiger partial charge in [-0.1, -0.05) is 206 Å².